The van der Waals surface area contributed by atoms with Crippen molar-refractivity contribution in [2.45, 2.75) is 6.54 Å². The van der Waals surface area contributed by atoms with Gasteiger partial charge in [-0.05, 0) is 23.8 Å². The first-order valence-corrected chi connectivity index (χ1v) is 8.30. The molecule has 138 valence electrons. The molecule has 0 spiro atoms. The Morgan fingerprint density at radius 3 is 2.30 bits per heavy atom. The highest BCUT2D eigenvalue weighted by Gasteiger charge is 2.36. The average molecular weight is 366 g/mol. The van der Waals surface area contributed by atoms with E-state index in [-0.39, 0.29) is 29.1 Å². The molecule has 0 radical (unpaired) electrons. The molecule has 0 unspecified atom stereocenters. The van der Waals surface area contributed by atoms with Crippen LogP contribution in [0.15, 0.2) is 48.5 Å². The maximum Gasteiger partial charge on any atom is 0.338 e. The summed E-state index contributed by atoms with van der Waals surface area (Å²) in [5.41, 5.74) is 1.35. The van der Waals surface area contributed by atoms with Crippen LogP contribution in [0.5, 0.6) is 0 Å². The lowest BCUT2D eigenvalue weighted by Gasteiger charge is -2.13. The van der Waals surface area contributed by atoms with Crippen LogP contribution in [-0.2, 0) is 16.1 Å². The van der Waals surface area contributed by atoms with E-state index in [1.165, 1.54) is 23.1 Å². The van der Waals surface area contributed by atoms with Gasteiger partial charge in [0.15, 0.2) is 6.61 Å². The largest absolute Gasteiger partial charge is 0.452 e. The lowest BCUT2D eigenvalue weighted by atomic mass is 10.1. The van der Waals surface area contributed by atoms with E-state index in [1.807, 2.05) is 30.3 Å². The van der Waals surface area contributed by atoms with Gasteiger partial charge in [0.2, 0.25) is 0 Å². The van der Waals surface area contributed by atoms with Crippen LogP contribution in [0.3, 0.4) is 0 Å². The first-order chi connectivity index (χ1) is 12.9. The van der Waals surface area contributed by atoms with E-state index in [0.717, 1.165) is 10.5 Å². The number of carbonyl (C=O) groups excluding carboxylic acids is 4. The number of amides is 3. The predicted molar refractivity (Wildman–Crippen MR) is 96.1 cm³/mol. The summed E-state index contributed by atoms with van der Waals surface area (Å²) in [5.74, 6) is -1.95. The molecule has 27 heavy (non-hydrogen) atoms. The van der Waals surface area contributed by atoms with Crippen molar-refractivity contribution in [3.05, 3.63) is 70.8 Å². The van der Waals surface area contributed by atoms with Gasteiger partial charge in [0, 0.05) is 14.1 Å². The molecule has 1 heterocycles. The van der Waals surface area contributed by atoms with Crippen LogP contribution in [0.4, 0.5) is 0 Å². The first-order valence-electron chi connectivity index (χ1n) is 8.30. The van der Waals surface area contributed by atoms with Gasteiger partial charge < -0.3 is 9.64 Å². The minimum Gasteiger partial charge on any atom is -0.452 e. The minimum absolute atomic E-state index is 0.114. The Morgan fingerprint density at radius 1 is 0.963 bits per heavy atom. The summed E-state index contributed by atoms with van der Waals surface area (Å²) >= 11 is 0. The number of likely N-dealkylation sites (N-methyl/N-ethyl adjacent to an activating group) is 1. The Hall–Kier alpha value is -3.48. The molecule has 7 heteroatoms. The van der Waals surface area contributed by atoms with Crippen LogP contribution in [0.1, 0.15) is 36.6 Å². The molecule has 3 amide bonds. The summed E-state index contributed by atoms with van der Waals surface area (Å²) in [6, 6.07) is 13.4. The zero-order chi connectivity index (χ0) is 19.6. The van der Waals surface area contributed by atoms with E-state index < -0.39 is 24.4 Å². The molecule has 2 aromatic rings. The summed E-state index contributed by atoms with van der Waals surface area (Å²) in [4.78, 5) is 51.3. The maximum atomic E-state index is 12.6. The smallest absolute Gasteiger partial charge is 0.338 e. The molecular weight excluding hydrogens is 348 g/mol. The monoisotopic (exact) mass is 366 g/mol. The highest BCUT2D eigenvalue weighted by Crippen LogP contribution is 2.26. The molecule has 2 aromatic carbocycles. The van der Waals surface area contributed by atoms with Crippen LogP contribution < -0.4 is 0 Å². The summed E-state index contributed by atoms with van der Waals surface area (Å²) in [6.45, 7) is -0.236. The van der Waals surface area contributed by atoms with Crippen molar-refractivity contribution in [1.82, 2.24) is 9.80 Å². The van der Waals surface area contributed by atoms with E-state index in [9.17, 15) is 19.2 Å². The number of esters is 1. The van der Waals surface area contributed by atoms with Gasteiger partial charge in [-0.15, -0.1) is 0 Å². The minimum atomic E-state index is -0.727. The molecule has 0 saturated carbocycles. The zero-order valence-corrected chi connectivity index (χ0v) is 15.0. The lowest BCUT2D eigenvalue weighted by Crippen LogP contribution is -2.29. The third kappa shape index (κ3) is 3.72. The first kappa shape index (κ1) is 18.3. The van der Waals surface area contributed by atoms with Crippen LogP contribution >= 0.6 is 0 Å². The van der Waals surface area contributed by atoms with E-state index in [0.29, 0.717) is 0 Å². The van der Waals surface area contributed by atoms with Gasteiger partial charge in [-0.25, -0.2) is 4.79 Å². The number of rotatable bonds is 5. The molecule has 7 nitrogen and oxygen atoms in total. The second-order valence-electron chi connectivity index (χ2n) is 6.31. The van der Waals surface area contributed by atoms with Crippen molar-refractivity contribution in [3.8, 4) is 0 Å². The molecule has 0 saturated heterocycles. The van der Waals surface area contributed by atoms with E-state index in [2.05, 4.69) is 0 Å². The molecule has 1 aliphatic heterocycles. The van der Waals surface area contributed by atoms with Crippen molar-refractivity contribution in [2.75, 3.05) is 20.7 Å². The predicted octanol–water partition coefficient (Wildman–Crippen LogP) is 1.73. The van der Waals surface area contributed by atoms with Gasteiger partial charge in [-0.1, -0.05) is 30.3 Å². The lowest BCUT2D eigenvalue weighted by molar-refractivity contribution is -0.131. The van der Waals surface area contributed by atoms with Crippen molar-refractivity contribution in [1.29, 1.82) is 0 Å². The fraction of sp³-hybridized carbons (Fsp3) is 0.200. The number of benzene rings is 2. The second-order valence-corrected chi connectivity index (χ2v) is 6.31. The van der Waals surface area contributed by atoms with Gasteiger partial charge in [0.25, 0.3) is 17.7 Å². The summed E-state index contributed by atoms with van der Waals surface area (Å²) < 4.78 is 4.96. The molecule has 0 fully saturated rings. The SMILES string of the molecule is CN(C)C(=O)COC(=O)c1ccc2c(c1)C(=O)N(Cc1ccccc1)C2=O. The van der Waals surface area contributed by atoms with Crippen molar-refractivity contribution >= 4 is 23.7 Å². The molecule has 1 aliphatic rings. The number of nitrogens with zero attached hydrogens (tertiary/aromatic N) is 2. The number of carbonyl (C=O) groups is 4. The number of hydrogen-bond acceptors (Lipinski definition) is 5. The number of fused-ring (bicyclic) bond motifs is 1. The molecule has 0 aromatic heterocycles. The quantitative estimate of drug-likeness (QED) is 0.594. The van der Waals surface area contributed by atoms with Crippen LogP contribution in [0.25, 0.3) is 0 Å². The van der Waals surface area contributed by atoms with E-state index in [1.54, 1.807) is 14.1 Å². The zero-order valence-electron chi connectivity index (χ0n) is 15.0. The molecule has 3 rings (SSSR count). The van der Waals surface area contributed by atoms with E-state index >= 15 is 0 Å². The van der Waals surface area contributed by atoms with E-state index in [4.69, 9.17) is 4.74 Å². The summed E-state index contributed by atoms with van der Waals surface area (Å²) in [6.07, 6.45) is 0. The summed E-state index contributed by atoms with van der Waals surface area (Å²) in [5, 5.41) is 0. The Labute approximate surface area is 156 Å². The highest BCUT2D eigenvalue weighted by molar-refractivity contribution is 6.21. The highest BCUT2D eigenvalue weighted by atomic mass is 16.5. The second kappa shape index (κ2) is 7.41. The van der Waals surface area contributed by atoms with Gasteiger partial charge >= 0.3 is 5.97 Å². The van der Waals surface area contributed by atoms with Crippen molar-refractivity contribution in [2.24, 2.45) is 0 Å². The molecular formula is C20H18N2O5. The van der Waals surface area contributed by atoms with Crippen LogP contribution in [0.2, 0.25) is 0 Å². The van der Waals surface area contributed by atoms with Gasteiger partial charge in [-0.3, -0.25) is 19.3 Å². The van der Waals surface area contributed by atoms with Gasteiger partial charge in [0.1, 0.15) is 0 Å². The average Bonchev–Trinajstić information content (AvgIpc) is 2.91. The Balaban J connectivity index is 1.77. The van der Waals surface area contributed by atoms with Gasteiger partial charge in [0.05, 0.1) is 23.2 Å². The maximum absolute atomic E-state index is 12.6. The number of imide groups is 1. The van der Waals surface area contributed by atoms with Crippen molar-refractivity contribution in [3.63, 3.8) is 0 Å². The number of hydrogen-bond donors (Lipinski definition) is 0. The Morgan fingerprint density at radius 2 is 1.63 bits per heavy atom. The Bertz CT molecular complexity index is 921. The normalized spacial score (nSPS) is 12.7. The molecule has 0 aliphatic carbocycles. The van der Waals surface area contributed by atoms with Gasteiger partial charge in [-0.2, -0.15) is 0 Å². The molecule has 0 N–H and O–H groups in total. The topological polar surface area (TPSA) is 84.0 Å². The third-order valence-corrected chi connectivity index (χ3v) is 4.22. The third-order valence-electron chi connectivity index (χ3n) is 4.22. The fourth-order valence-corrected chi connectivity index (χ4v) is 2.67. The number of ether oxygens (including phenoxy) is 1. The Kier molecular flexibility index (Phi) is 5.03. The van der Waals surface area contributed by atoms with Crippen LogP contribution in [-0.4, -0.2) is 54.2 Å². The summed E-state index contributed by atoms with van der Waals surface area (Å²) in [7, 11) is 3.11. The fourth-order valence-electron chi connectivity index (χ4n) is 2.67. The van der Waals surface area contributed by atoms with Crippen molar-refractivity contribution < 1.29 is 23.9 Å². The molecule has 0 atom stereocenters. The molecule has 0 bridgehead atoms. The standard InChI is InChI=1S/C20H18N2O5/c1-21(2)17(23)12-27-20(26)14-8-9-15-16(10-14)19(25)22(18(15)24)11-13-6-4-3-5-7-13/h3-10H,11-12H2,1-2H3. The van der Waals surface area contributed by atoms with Crippen LogP contribution in [0, 0.1) is 0 Å².